The van der Waals surface area contributed by atoms with Gasteiger partial charge in [-0.2, -0.15) is 0 Å². The smallest absolute Gasteiger partial charge is 0.259 e. The van der Waals surface area contributed by atoms with Crippen LogP contribution in [-0.2, 0) is 0 Å². The minimum absolute atomic E-state index is 0.0183. The monoisotopic (exact) mass is 491 g/mol. The topological polar surface area (TPSA) is 83.0 Å². The molecular weight excluding hydrogens is 461 g/mol. The third-order valence-electron chi connectivity index (χ3n) is 6.53. The van der Waals surface area contributed by atoms with E-state index in [2.05, 4.69) is 4.98 Å². The fourth-order valence-corrected chi connectivity index (χ4v) is 4.30. The lowest BCUT2D eigenvalue weighted by molar-refractivity contribution is 0.0312. The van der Waals surface area contributed by atoms with Gasteiger partial charge in [0.2, 0.25) is 5.88 Å². The van der Waals surface area contributed by atoms with Crippen LogP contribution < -0.4 is 4.74 Å². The predicted molar refractivity (Wildman–Crippen MR) is 134 cm³/mol. The maximum atomic E-state index is 14.2. The molecule has 8 heteroatoms. The van der Waals surface area contributed by atoms with Crippen molar-refractivity contribution >= 4 is 11.8 Å². The number of rotatable bonds is 6. The van der Waals surface area contributed by atoms with Crippen LogP contribution >= 0.6 is 0 Å². The number of halogens is 1. The molecule has 2 heterocycles. The number of pyridine rings is 1. The van der Waals surface area contributed by atoms with Crippen molar-refractivity contribution in [3.8, 4) is 17.0 Å². The molecule has 0 unspecified atom stereocenters. The Kier molecular flexibility index (Phi) is 7.64. The van der Waals surface area contributed by atoms with Crippen molar-refractivity contribution in [2.75, 3.05) is 26.7 Å². The molecule has 1 aliphatic rings. The predicted octanol–water partition coefficient (Wildman–Crippen LogP) is 3.88. The van der Waals surface area contributed by atoms with Crippen LogP contribution in [0, 0.1) is 11.7 Å². The molecule has 1 aromatic heterocycles. The first-order chi connectivity index (χ1) is 17.3. The maximum Gasteiger partial charge on any atom is 0.259 e. The second-order valence-electron chi connectivity index (χ2n) is 9.23. The Labute approximate surface area is 210 Å². The van der Waals surface area contributed by atoms with Gasteiger partial charge in [0.25, 0.3) is 11.8 Å². The van der Waals surface area contributed by atoms with E-state index in [4.69, 9.17) is 4.74 Å². The van der Waals surface area contributed by atoms with E-state index in [1.165, 1.54) is 23.1 Å². The third-order valence-corrected chi connectivity index (χ3v) is 6.53. The number of benzene rings is 2. The molecule has 0 spiro atoms. The SMILES string of the molecule is C[C@H]1CN([C@@H](C)CO)C(=O)c2cc(-c3ccccc3)cnc2O[C@H]1CN(C)C(=O)c1ccccc1F. The minimum atomic E-state index is -0.588. The number of ether oxygens (including phenoxy) is 1. The van der Waals surface area contributed by atoms with Gasteiger partial charge in [0.1, 0.15) is 17.5 Å². The summed E-state index contributed by atoms with van der Waals surface area (Å²) in [4.78, 5) is 34.0. The van der Waals surface area contributed by atoms with Crippen LogP contribution in [0.15, 0.2) is 66.9 Å². The van der Waals surface area contributed by atoms with E-state index in [0.29, 0.717) is 6.54 Å². The highest BCUT2D eigenvalue weighted by atomic mass is 19.1. The molecule has 0 fully saturated rings. The van der Waals surface area contributed by atoms with E-state index in [9.17, 15) is 19.1 Å². The average molecular weight is 492 g/mol. The molecule has 1 aliphatic heterocycles. The number of likely N-dealkylation sites (N-methyl/N-ethyl adjacent to an activating group) is 1. The summed E-state index contributed by atoms with van der Waals surface area (Å²) in [7, 11) is 1.59. The molecule has 2 aromatic carbocycles. The number of carbonyl (C=O) groups excluding carboxylic acids is 2. The maximum absolute atomic E-state index is 14.2. The van der Waals surface area contributed by atoms with Crippen LogP contribution in [0.25, 0.3) is 11.1 Å². The molecule has 0 aliphatic carbocycles. The van der Waals surface area contributed by atoms with Gasteiger partial charge in [-0.15, -0.1) is 0 Å². The van der Waals surface area contributed by atoms with Crippen molar-refractivity contribution in [1.29, 1.82) is 0 Å². The summed E-state index contributed by atoms with van der Waals surface area (Å²) in [5, 5.41) is 9.84. The van der Waals surface area contributed by atoms with Crippen LogP contribution in [0.3, 0.4) is 0 Å². The number of fused-ring (bicyclic) bond motifs is 1. The molecule has 0 bridgehead atoms. The highest BCUT2D eigenvalue weighted by Gasteiger charge is 2.35. The Hall–Kier alpha value is -3.78. The fourth-order valence-electron chi connectivity index (χ4n) is 4.30. The zero-order valence-electron chi connectivity index (χ0n) is 20.6. The highest BCUT2D eigenvalue weighted by molar-refractivity contribution is 5.98. The van der Waals surface area contributed by atoms with E-state index in [1.807, 2.05) is 37.3 Å². The van der Waals surface area contributed by atoms with Gasteiger partial charge in [-0.05, 0) is 30.7 Å². The molecule has 7 nitrogen and oxygen atoms in total. The van der Waals surface area contributed by atoms with Gasteiger partial charge >= 0.3 is 0 Å². The van der Waals surface area contributed by atoms with Crippen LogP contribution in [0.5, 0.6) is 5.88 Å². The number of hydrogen-bond acceptors (Lipinski definition) is 5. The van der Waals surface area contributed by atoms with Crippen molar-refractivity contribution in [3.63, 3.8) is 0 Å². The first-order valence-corrected chi connectivity index (χ1v) is 11.9. The van der Waals surface area contributed by atoms with E-state index in [0.717, 1.165) is 11.1 Å². The third kappa shape index (κ3) is 5.23. The lowest BCUT2D eigenvalue weighted by Crippen LogP contribution is -2.50. The second kappa shape index (κ2) is 10.9. The summed E-state index contributed by atoms with van der Waals surface area (Å²) in [5.74, 6) is -1.37. The van der Waals surface area contributed by atoms with Gasteiger partial charge in [0.15, 0.2) is 0 Å². The molecule has 0 saturated heterocycles. The quantitative estimate of drug-likeness (QED) is 0.566. The van der Waals surface area contributed by atoms with Gasteiger partial charge in [-0.1, -0.05) is 49.4 Å². The largest absolute Gasteiger partial charge is 0.472 e. The number of aliphatic hydroxyl groups is 1. The second-order valence-corrected chi connectivity index (χ2v) is 9.23. The summed E-state index contributed by atoms with van der Waals surface area (Å²) < 4.78 is 20.5. The number of aromatic nitrogens is 1. The molecule has 0 radical (unpaired) electrons. The molecule has 36 heavy (non-hydrogen) atoms. The normalized spacial score (nSPS) is 18.5. The molecule has 3 aromatic rings. The van der Waals surface area contributed by atoms with Crippen molar-refractivity contribution in [3.05, 3.63) is 83.8 Å². The molecule has 1 N–H and O–H groups in total. The summed E-state index contributed by atoms with van der Waals surface area (Å²) in [6.45, 7) is 3.97. The van der Waals surface area contributed by atoms with Crippen LogP contribution in [0.2, 0.25) is 0 Å². The van der Waals surface area contributed by atoms with Crippen LogP contribution in [0.4, 0.5) is 4.39 Å². The average Bonchev–Trinajstić information content (AvgIpc) is 2.90. The Bertz CT molecular complexity index is 1240. The van der Waals surface area contributed by atoms with Crippen LogP contribution in [-0.4, -0.2) is 70.6 Å². The molecule has 0 saturated carbocycles. The fraction of sp³-hybridized carbons (Fsp3) is 0.321. The Morgan fingerprint density at radius 2 is 1.89 bits per heavy atom. The van der Waals surface area contributed by atoms with Gasteiger partial charge in [-0.25, -0.2) is 9.37 Å². The molecule has 188 valence electrons. The number of nitrogens with zero attached hydrogens (tertiary/aromatic N) is 3. The zero-order valence-corrected chi connectivity index (χ0v) is 20.6. The summed E-state index contributed by atoms with van der Waals surface area (Å²) >= 11 is 0. The Balaban J connectivity index is 1.68. The number of hydrogen-bond donors (Lipinski definition) is 1. The number of carbonyl (C=O) groups is 2. The summed E-state index contributed by atoms with van der Waals surface area (Å²) in [6, 6.07) is 16.8. The summed E-state index contributed by atoms with van der Waals surface area (Å²) in [5.41, 5.74) is 1.94. The standard InChI is InChI=1S/C28H30FN3O4/c1-18-15-32(19(2)17-33)28(35)23-13-21(20-9-5-4-6-10-20)14-30-26(23)36-25(18)16-31(3)27(34)22-11-7-8-12-24(22)29/h4-14,18-19,25,33H,15-17H2,1-3H3/t18-,19-,25-/m0/s1. The van der Waals surface area contributed by atoms with Crippen molar-refractivity contribution in [2.24, 2.45) is 5.92 Å². The van der Waals surface area contributed by atoms with Crippen LogP contribution in [0.1, 0.15) is 34.6 Å². The van der Waals surface area contributed by atoms with Crippen molar-refractivity contribution < 1.29 is 23.8 Å². The Morgan fingerprint density at radius 3 is 2.58 bits per heavy atom. The van der Waals surface area contributed by atoms with Gasteiger partial charge in [-0.3, -0.25) is 9.59 Å². The lowest BCUT2D eigenvalue weighted by atomic mass is 9.99. The minimum Gasteiger partial charge on any atom is -0.472 e. The molecule has 2 amide bonds. The van der Waals surface area contributed by atoms with Crippen molar-refractivity contribution in [2.45, 2.75) is 26.0 Å². The van der Waals surface area contributed by atoms with Gasteiger partial charge in [0, 0.05) is 31.3 Å². The van der Waals surface area contributed by atoms with Gasteiger partial charge < -0.3 is 19.6 Å². The Morgan fingerprint density at radius 1 is 1.19 bits per heavy atom. The zero-order chi connectivity index (χ0) is 25.8. The molecule has 4 rings (SSSR count). The summed E-state index contributed by atoms with van der Waals surface area (Å²) in [6.07, 6.45) is 1.12. The highest BCUT2D eigenvalue weighted by Crippen LogP contribution is 2.30. The van der Waals surface area contributed by atoms with E-state index < -0.39 is 23.9 Å². The van der Waals surface area contributed by atoms with Crippen molar-refractivity contribution in [1.82, 2.24) is 14.8 Å². The first kappa shape index (κ1) is 25.3. The number of amides is 2. The van der Waals surface area contributed by atoms with E-state index >= 15 is 0 Å². The van der Waals surface area contributed by atoms with E-state index in [-0.39, 0.29) is 42.0 Å². The number of aliphatic hydroxyl groups excluding tert-OH is 1. The molecular formula is C28H30FN3O4. The lowest BCUT2D eigenvalue weighted by Gasteiger charge is -2.37. The van der Waals surface area contributed by atoms with E-state index in [1.54, 1.807) is 37.2 Å². The van der Waals surface area contributed by atoms with Gasteiger partial charge in [0.05, 0.1) is 24.8 Å². The first-order valence-electron chi connectivity index (χ1n) is 11.9. The molecule has 3 atom stereocenters.